The summed E-state index contributed by atoms with van der Waals surface area (Å²) in [6.07, 6.45) is -0.632. The summed E-state index contributed by atoms with van der Waals surface area (Å²) in [7, 11) is -2.91. The van der Waals surface area contributed by atoms with E-state index in [1.165, 1.54) is 0 Å². The number of carbonyl (C=O) groups is 1. The number of rotatable bonds is 6. The van der Waals surface area contributed by atoms with Crippen LogP contribution in [0.1, 0.15) is 5.56 Å². The molecule has 1 rings (SSSR count). The van der Waals surface area contributed by atoms with E-state index in [0.29, 0.717) is 6.42 Å². The van der Waals surface area contributed by atoms with Crippen molar-refractivity contribution in [3.8, 4) is 0 Å². The topological polar surface area (TPSA) is 84.5 Å². The third-order valence-electron chi connectivity index (χ3n) is 2.24. The maximum absolute atomic E-state index is 11.6. The molecule has 1 amide bonds. The Morgan fingerprint density at radius 3 is 2.53 bits per heavy atom. The Kier molecular flexibility index (Phi) is 6.07. The molecule has 0 saturated heterocycles. The van der Waals surface area contributed by atoms with Crippen LogP contribution in [0.25, 0.3) is 0 Å². The molecule has 0 bridgehead atoms. The number of halogens is 1. The second kappa shape index (κ2) is 7.32. The van der Waals surface area contributed by atoms with E-state index < -0.39 is 22.3 Å². The van der Waals surface area contributed by atoms with Gasteiger partial charge in [-0.25, -0.2) is 9.52 Å². The molecule has 1 atom stereocenters. The predicted molar refractivity (Wildman–Crippen MR) is 72.3 cm³/mol. The van der Waals surface area contributed by atoms with Crippen LogP contribution in [-0.2, 0) is 21.4 Å². The molecule has 106 valence electrons. The summed E-state index contributed by atoms with van der Waals surface area (Å²) < 4.78 is 31.4. The van der Waals surface area contributed by atoms with Crippen LogP contribution in [0.2, 0.25) is 0 Å². The Morgan fingerprint density at radius 2 is 2.00 bits per heavy atom. The Bertz CT molecular complexity index is 507. The molecule has 1 aromatic rings. The van der Waals surface area contributed by atoms with Gasteiger partial charge in [0.1, 0.15) is 0 Å². The molecular weight excluding hydrogens is 292 g/mol. The highest BCUT2D eigenvalue weighted by molar-refractivity contribution is 7.88. The molecule has 1 unspecified atom stereocenters. The van der Waals surface area contributed by atoms with E-state index in [9.17, 15) is 13.2 Å². The monoisotopic (exact) mass is 306 g/mol. The van der Waals surface area contributed by atoms with Gasteiger partial charge in [-0.15, -0.1) is 11.6 Å². The molecule has 19 heavy (non-hydrogen) atoms. The van der Waals surface area contributed by atoms with Crippen LogP contribution in [0.15, 0.2) is 30.3 Å². The van der Waals surface area contributed by atoms with E-state index in [1.807, 2.05) is 30.3 Å². The number of amides is 1. The average molecular weight is 307 g/mol. The molecule has 0 aliphatic heterocycles. The van der Waals surface area contributed by atoms with Crippen LogP contribution in [0.3, 0.4) is 0 Å². The third kappa shape index (κ3) is 5.91. The number of benzene rings is 1. The second-order valence-electron chi connectivity index (χ2n) is 3.76. The van der Waals surface area contributed by atoms with Crippen LogP contribution >= 0.6 is 11.6 Å². The molecule has 0 heterocycles. The number of ether oxygens (including phenoxy) is 1. The van der Waals surface area contributed by atoms with Crippen molar-refractivity contribution in [2.45, 2.75) is 12.5 Å². The summed E-state index contributed by atoms with van der Waals surface area (Å²) in [4.78, 5) is 10.9. The summed E-state index contributed by atoms with van der Waals surface area (Å²) >= 11 is 5.72. The number of alkyl halides is 1. The van der Waals surface area contributed by atoms with Gasteiger partial charge in [-0.1, -0.05) is 30.3 Å². The van der Waals surface area contributed by atoms with Gasteiger partial charge in [0.05, 0.1) is 7.11 Å². The SMILES string of the molecule is COC(=O)NS(=O)(=O)NC(CCl)Cc1ccccc1. The molecule has 1 aromatic carbocycles. The van der Waals surface area contributed by atoms with E-state index in [0.717, 1.165) is 12.7 Å². The summed E-state index contributed by atoms with van der Waals surface area (Å²) in [6.45, 7) is 0. The van der Waals surface area contributed by atoms with E-state index in [2.05, 4.69) is 9.46 Å². The van der Waals surface area contributed by atoms with Crippen molar-refractivity contribution in [2.75, 3.05) is 13.0 Å². The summed E-state index contributed by atoms with van der Waals surface area (Å²) in [5.74, 6) is 0.0803. The first-order valence-electron chi connectivity index (χ1n) is 5.44. The smallest absolute Gasteiger partial charge is 0.421 e. The van der Waals surface area contributed by atoms with Gasteiger partial charge in [0.2, 0.25) is 0 Å². The van der Waals surface area contributed by atoms with Crippen LogP contribution in [0, 0.1) is 0 Å². The van der Waals surface area contributed by atoms with Gasteiger partial charge < -0.3 is 4.74 Å². The molecule has 0 aliphatic rings. The van der Waals surface area contributed by atoms with Gasteiger partial charge in [-0.2, -0.15) is 13.1 Å². The average Bonchev–Trinajstić information content (AvgIpc) is 2.38. The number of nitrogens with one attached hydrogen (secondary N) is 2. The lowest BCUT2D eigenvalue weighted by molar-refractivity contribution is 0.177. The predicted octanol–water partition coefficient (Wildman–Crippen LogP) is 1.03. The van der Waals surface area contributed by atoms with Gasteiger partial charge >= 0.3 is 16.3 Å². The first-order chi connectivity index (χ1) is 8.96. The zero-order valence-electron chi connectivity index (χ0n) is 10.3. The van der Waals surface area contributed by atoms with Crippen molar-refractivity contribution in [2.24, 2.45) is 0 Å². The van der Waals surface area contributed by atoms with Gasteiger partial charge in [0.25, 0.3) is 0 Å². The maximum Gasteiger partial charge on any atom is 0.421 e. The highest BCUT2D eigenvalue weighted by Crippen LogP contribution is 2.05. The Morgan fingerprint density at radius 1 is 1.37 bits per heavy atom. The highest BCUT2D eigenvalue weighted by atomic mass is 35.5. The summed E-state index contributed by atoms with van der Waals surface area (Å²) in [5.41, 5.74) is 0.939. The standard InChI is InChI=1S/C11H15ClN2O4S/c1-18-11(15)14-19(16,17)13-10(8-12)7-9-5-3-2-4-6-9/h2-6,10,13H,7-8H2,1H3,(H,14,15). The number of hydrogen-bond acceptors (Lipinski definition) is 4. The van der Waals surface area contributed by atoms with E-state index >= 15 is 0 Å². The fraction of sp³-hybridized carbons (Fsp3) is 0.364. The summed E-state index contributed by atoms with van der Waals surface area (Å²) in [6, 6.07) is 8.76. The normalized spacial score (nSPS) is 12.7. The molecule has 0 aliphatic carbocycles. The van der Waals surface area contributed by atoms with Crippen molar-refractivity contribution >= 4 is 27.9 Å². The number of methoxy groups -OCH3 is 1. The lowest BCUT2D eigenvalue weighted by Gasteiger charge is -2.16. The Balaban J connectivity index is 2.64. The van der Waals surface area contributed by atoms with Gasteiger partial charge in [0, 0.05) is 11.9 Å². The van der Waals surface area contributed by atoms with E-state index in [1.54, 1.807) is 4.72 Å². The number of hydrogen-bond donors (Lipinski definition) is 2. The minimum absolute atomic E-state index is 0.0803. The van der Waals surface area contributed by atoms with Crippen molar-refractivity contribution in [3.63, 3.8) is 0 Å². The molecule has 6 nitrogen and oxygen atoms in total. The van der Waals surface area contributed by atoms with Crippen LogP contribution in [-0.4, -0.2) is 33.5 Å². The van der Waals surface area contributed by atoms with Crippen molar-refractivity contribution < 1.29 is 17.9 Å². The number of carbonyl (C=O) groups excluding carboxylic acids is 1. The minimum Gasteiger partial charge on any atom is -0.452 e. The first kappa shape index (κ1) is 15.7. The van der Waals surface area contributed by atoms with Gasteiger partial charge in [-0.05, 0) is 12.0 Å². The lowest BCUT2D eigenvalue weighted by atomic mass is 10.1. The first-order valence-corrected chi connectivity index (χ1v) is 7.46. The molecule has 0 radical (unpaired) electrons. The van der Waals surface area contributed by atoms with Crippen LogP contribution in [0.5, 0.6) is 0 Å². The minimum atomic E-state index is -3.98. The third-order valence-corrected chi connectivity index (χ3v) is 3.69. The molecular formula is C11H15ClN2O4S. The largest absolute Gasteiger partial charge is 0.452 e. The fourth-order valence-corrected chi connectivity index (χ4v) is 2.67. The molecule has 2 N–H and O–H groups in total. The molecule has 0 saturated carbocycles. The molecule has 0 fully saturated rings. The van der Waals surface area contributed by atoms with Gasteiger partial charge in [-0.3, -0.25) is 0 Å². The molecule has 0 spiro atoms. The fourth-order valence-electron chi connectivity index (χ4n) is 1.43. The second-order valence-corrected chi connectivity index (χ2v) is 5.51. The van der Waals surface area contributed by atoms with Crippen molar-refractivity contribution in [1.29, 1.82) is 0 Å². The van der Waals surface area contributed by atoms with Crippen LogP contribution < -0.4 is 9.44 Å². The zero-order valence-corrected chi connectivity index (χ0v) is 11.9. The van der Waals surface area contributed by atoms with E-state index in [-0.39, 0.29) is 5.88 Å². The van der Waals surface area contributed by atoms with Crippen LogP contribution in [0.4, 0.5) is 4.79 Å². The molecule has 0 aromatic heterocycles. The zero-order chi connectivity index (χ0) is 14.3. The van der Waals surface area contributed by atoms with Crippen molar-refractivity contribution in [3.05, 3.63) is 35.9 Å². The van der Waals surface area contributed by atoms with Gasteiger partial charge in [0.15, 0.2) is 0 Å². The Hall–Kier alpha value is -1.31. The van der Waals surface area contributed by atoms with Crippen molar-refractivity contribution in [1.82, 2.24) is 9.44 Å². The van der Waals surface area contributed by atoms with E-state index in [4.69, 9.17) is 11.6 Å². The quantitative estimate of drug-likeness (QED) is 0.769. The molecule has 8 heteroatoms. The maximum atomic E-state index is 11.6. The summed E-state index contributed by atoms with van der Waals surface area (Å²) in [5, 5.41) is 0. The Labute approximate surface area is 117 Å². The highest BCUT2D eigenvalue weighted by Gasteiger charge is 2.19. The lowest BCUT2D eigenvalue weighted by Crippen LogP contribution is -2.46.